The molecule has 0 aliphatic rings. The Kier molecular flexibility index (Phi) is 15.5. The number of benzene rings is 1. The highest BCUT2D eigenvalue weighted by Gasteiger charge is 2.72. The maximum atomic E-state index is 15.1. The van der Waals surface area contributed by atoms with Crippen molar-refractivity contribution in [1.29, 1.82) is 0 Å². The number of ether oxygens (including phenoxy) is 5. The zero-order valence-electron chi connectivity index (χ0n) is 25.6. The average molecular weight is 719 g/mol. The van der Waals surface area contributed by atoms with E-state index in [9.17, 15) is 48.3 Å². The fraction of sp³-hybridized carbons (Fsp3) is 0.655. The molecule has 2 rings (SSSR count). The van der Waals surface area contributed by atoms with Crippen LogP contribution in [0.25, 0.3) is 11.4 Å². The number of nitrogens with zero attached hydrogens (tertiary/aromatic N) is 2. The van der Waals surface area contributed by atoms with Crippen LogP contribution in [0.3, 0.4) is 0 Å². The molecule has 48 heavy (non-hydrogen) atoms. The molecule has 0 saturated heterocycles. The molecule has 1 aromatic heterocycles. The minimum Gasteiger partial charge on any atom is -0.490 e. The summed E-state index contributed by atoms with van der Waals surface area (Å²) in [7, 11) is 0. The number of rotatable bonds is 23. The molecule has 0 spiro atoms. The Morgan fingerprint density at radius 3 is 1.79 bits per heavy atom. The van der Waals surface area contributed by atoms with E-state index in [4.69, 9.17) is 9.47 Å². The van der Waals surface area contributed by atoms with Crippen LogP contribution in [-0.4, -0.2) is 67.0 Å². The van der Waals surface area contributed by atoms with Crippen molar-refractivity contribution in [1.82, 2.24) is 9.97 Å². The molecule has 0 fully saturated rings. The van der Waals surface area contributed by atoms with Gasteiger partial charge in [0, 0.05) is 24.6 Å². The van der Waals surface area contributed by atoms with Gasteiger partial charge in [0.2, 0.25) is 0 Å². The molecule has 2 aromatic rings. The molecule has 0 N–H and O–H groups in total. The lowest BCUT2D eigenvalue weighted by Crippen LogP contribution is -2.55. The van der Waals surface area contributed by atoms with Gasteiger partial charge in [-0.25, -0.2) is 23.8 Å². The summed E-state index contributed by atoms with van der Waals surface area (Å²) in [4.78, 5) is 8.19. The van der Waals surface area contributed by atoms with E-state index in [1.807, 2.05) is 0 Å². The Balaban J connectivity index is 1.84. The van der Waals surface area contributed by atoms with Gasteiger partial charge in [0.15, 0.2) is 23.1 Å². The van der Waals surface area contributed by atoms with E-state index >= 15 is 4.39 Å². The maximum Gasteiger partial charge on any atom is 0.483 e. The summed E-state index contributed by atoms with van der Waals surface area (Å²) in [6.07, 6.45) is -23.1. The standard InChI is InChI=1S/C29H34F12N2O5/c1-2-3-4-5-6-9-15-45-22-18-20(24-42-12-11-13-43-24)17-21(30)23(22)46-16-10-7-8-14-44-19-25(31,32)47-28(38,39)29(40,41)48-27(36,37)26(33,34)35/h11-13,17-18H,2-10,14-16,19H2,1H3. The van der Waals surface area contributed by atoms with Gasteiger partial charge in [-0.05, 0) is 43.9 Å². The highest BCUT2D eigenvalue weighted by atomic mass is 19.4. The lowest BCUT2D eigenvalue weighted by atomic mass is 10.1. The molecule has 0 atom stereocenters. The highest BCUT2D eigenvalue weighted by Crippen LogP contribution is 2.47. The van der Waals surface area contributed by atoms with Crippen LogP contribution in [0, 0.1) is 5.82 Å². The molecule has 1 aromatic carbocycles. The molecule has 0 unspecified atom stereocenters. The van der Waals surface area contributed by atoms with E-state index in [-0.39, 0.29) is 49.8 Å². The molecule has 0 amide bonds. The van der Waals surface area contributed by atoms with Crippen LogP contribution in [0.15, 0.2) is 30.6 Å². The van der Waals surface area contributed by atoms with Crippen LogP contribution in [0.2, 0.25) is 0 Å². The van der Waals surface area contributed by atoms with Crippen molar-refractivity contribution in [2.24, 2.45) is 0 Å². The van der Waals surface area contributed by atoms with Crippen molar-refractivity contribution in [2.45, 2.75) is 95.3 Å². The van der Waals surface area contributed by atoms with Crippen molar-refractivity contribution in [3.8, 4) is 22.9 Å². The Bertz CT molecular complexity index is 1240. The van der Waals surface area contributed by atoms with Gasteiger partial charge in [0.1, 0.15) is 6.61 Å². The lowest BCUT2D eigenvalue weighted by Gasteiger charge is -2.31. The van der Waals surface area contributed by atoms with E-state index < -0.39 is 49.6 Å². The molecule has 0 saturated carbocycles. The molecular formula is C29H34F12N2O5. The second-order valence-corrected chi connectivity index (χ2v) is 10.3. The van der Waals surface area contributed by atoms with Crippen molar-refractivity contribution < 1.29 is 76.4 Å². The number of hydrogen-bond donors (Lipinski definition) is 0. The van der Waals surface area contributed by atoms with Crippen LogP contribution in [0.4, 0.5) is 52.7 Å². The topological polar surface area (TPSA) is 71.9 Å². The van der Waals surface area contributed by atoms with E-state index in [0.29, 0.717) is 12.0 Å². The van der Waals surface area contributed by atoms with Gasteiger partial charge >= 0.3 is 30.6 Å². The van der Waals surface area contributed by atoms with E-state index in [1.165, 1.54) is 18.5 Å². The third kappa shape index (κ3) is 13.1. The zero-order chi connectivity index (χ0) is 36.1. The first-order valence-electron chi connectivity index (χ1n) is 14.7. The van der Waals surface area contributed by atoms with Crippen LogP contribution >= 0.6 is 0 Å². The average Bonchev–Trinajstić information content (AvgIpc) is 2.97. The predicted octanol–water partition coefficient (Wildman–Crippen LogP) is 9.55. The number of halogens is 12. The van der Waals surface area contributed by atoms with Gasteiger partial charge in [-0.3, -0.25) is 0 Å². The van der Waals surface area contributed by atoms with Crippen LogP contribution < -0.4 is 9.47 Å². The summed E-state index contributed by atoms with van der Waals surface area (Å²) in [5.74, 6) is -0.606. The zero-order valence-corrected chi connectivity index (χ0v) is 25.6. The first kappa shape index (κ1) is 41.1. The minimum atomic E-state index is -6.86. The minimum absolute atomic E-state index is 0.0267. The second kappa shape index (κ2) is 18.1. The second-order valence-electron chi connectivity index (χ2n) is 10.3. The van der Waals surface area contributed by atoms with Crippen LogP contribution in [-0.2, 0) is 14.2 Å². The third-order valence-electron chi connectivity index (χ3n) is 6.24. The third-order valence-corrected chi connectivity index (χ3v) is 6.24. The first-order chi connectivity index (χ1) is 22.3. The van der Waals surface area contributed by atoms with Gasteiger partial charge in [-0.2, -0.15) is 48.3 Å². The number of alkyl halides is 11. The molecule has 1 heterocycles. The lowest BCUT2D eigenvalue weighted by molar-refractivity contribution is -0.537. The molecular weight excluding hydrogens is 684 g/mol. The Morgan fingerprint density at radius 2 is 1.17 bits per heavy atom. The molecule has 19 heteroatoms. The summed E-state index contributed by atoms with van der Waals surface area (Å²) in [5.41, 5.74) is 0.338. The van der Waals surface area contributed by atoms with Crippen LogP contribution in [0.5, 0.6) is 11.5 Å². The SMILES string of the molecule is CCCCCCCCOc1cc(-c2ncccn2)cc(F)c1OCCCCCOCC(F)(F)OC(F)(F)C(F)(F)OC(F)(F)C(F)(F)F. The van der Waals surface area contributed by atoms with Crippen molar-refractivity contribution in [2.75, 3.05) is 26.4 Å². The predicted molar refractivity (Wildman–Crippen MR) is 144 cm³/mol. The van der Waals surface area contributed by atoms with Crippen molar-refractivity contribution in [3.05, 3.63) is 36.4 Å². The summed E-state index contributed by atoms with van der Waals surface area (Å²) >= 11 is 0. The number of aromatic nitrogens is 2. The molecule has 0 radical (unpaired) electrons. The summed E-state index contributed by atoms with van der Waals surface area (Å²) in [5, 5.41) is 0. The molecule has 0 bridgehead atoms. The molecule has 0 aliphatic heterocycles. The van der Waals surface area contributed by atoms with Crippen molar-refractivity contribution >= 4 is 0 Å². The fourth-order valence-electron chi connectivity index (χ4n) is 3.86. The fourth-order valence-corrected chi connectivity index (χ4v) is 3.86. The normalized spacial score (nSPS) is 13.2. The van der Waals surface area contributed by atoms with Gasteiger partial charge in [0.25, 0.3) is 0 Å². The van der Waals surface area contributed by atoms with Gasteiger partial charge in [-0.1, -0.05) is 39.0 Å². The molecule has 274 valence electrons. The summed E-state index contributed by atoms with van der Waals surface area (Å²) in [6, 6.07) is 4.27. The monoisotopic (exact) mass is 718 g/mol. The van der Waals surface area contributed by atoms with E-state index in [0.717, 1.165) is 38.2 Å². The molecule has 0 aliphatic carbocycles. The smallest absolute Gasteiger partial charge is 0.483 e. The van der Waals surface area contributed by atoms with Gasteiger partial charge in [0.05, 0.1) is 13.2 Å². The maximum absolute atomic E-state index is 15.1. The number of unbranched alkanes of at least 4 members (excludes halogenated alkanes) is 7. The van der Waals surface area contributed by atoms with Gasteiger partial charge in [-0.15, -0.1) is 0 Å². The van der Waals surface area contributed by atoms with E-state index in [2.05, 4.69) is 26.4 Å². The van der Waals surface area contributed by atoms with Crippen molar-refractivity contribution in [3.63, 3.8) is 0 Å². The Morgan fingerprint density at radius 1 is 0.625 bits per heavy atom. The summed E-state index contributed by atoms with van der Waals surface area (Å²) < 4.78 is 177. The number of hydrogen-bond acceptors (Lipinski definition) is 7. The summed E-state index contributed by atoms with van der Waals surface area (Å²) in [6.45, 7) is -0.373. The van der Waals surface area contributed by atoms with E-state index in [1.54, 1.807) is 10.8 Å². The highest BCUT2D eigenvalue weighted by molar-refractivity contribution is 5.61. The first-order valence-corrected chi connectivity index (χ1v) is 14.7. The van der Waals surface area contributed by atoms with Gasteiger partial charge < -0.3 is 14.2 Å². The Hall–Kier alpha value is -3.06. The van der Waals surface area contributed by atoms with Crippen LogP contribution in [0.1, 0.15) is 64.7 Å². The largest absolute Gasteiger partial charge is 0.490 e. The Labute approximate surface area is 267 Å². The molecule has 7 nitrogen and oxygen atoms in total. The quantitative estimate of drug-likeness (QED) is 0.0838.